The Hall–Kier alpha value is -2.00. The van der Waals surface area contributed by atoms with E-state index in [0.29, 0.717) is 19.1 Å². The van der Waals surface area contributed by atoms with Gasteiger partial charge in [-0.3, -0.25) is 0 Å². The van der Waals surface area contributed by atoms with E-state index < -0.39 is 12.4 Å². The van der Waals surface area contributed by atoms with Gasteiger partial charge in [0.05, 0.1) is 30.9 Å². The van der Waals surface area contributed by atoms with Crippen LogP contribution in [0.5, 0.6) is 5.75 Å². The van der Waals surface area contributed by atoms with Crippen molar-refractivity contribution in [3.63, 3.8) is 0 Å². The summed E-state index contributed by atoms with van der Waals surface area (Å²) in [6.07, 6.45) is 5.49. The molecule has 0 saturated carbocycles. The summed E-state index contributed by atoms with van der Waals surface area (Å²) in [5, 5.41) is 3.20. The lowest BCUT2D eigenvalue weighted by Crippen LogP contribution is -2.47. The molecule has 1 aromatic rings. The van der Waals surface area contributed by atoms with Gasteiger partial charge < -0.3 is 24.4 Å². The van der Waals surface area contributed by atoms with Gasteiger partial charge in [0.2, 0.25) is 0 Å². The molecule has 2 heterocycles. The zero-order chi connectivity index (χ0) is 22.1. The van der Waals surface area contributed by atoms with Crippen molar-refractivity contribution in [1.82, 2.24) is 10.2 Å². The summed E-state index contributed by atoms with van der Waals surface area (Å²) < 4.78 is 55.7. The molecule has 0 spiro atoms. The van der Waals surface area contributed by atoms with Gasteiger partial charge in [-0.1, -0.05) is 6.07 Å². The first kappa shape index (κ1) is 23.7. The van der Waals surface area contributed by atoms with E-state index in [9.17, 15) is 13.2 Å². The second kappa shape index (κ2) is 12.1. The van der Waals surface area contributed by atoms with Crippen LogP contribution in [-0.2, 0) is 16.0 Å². The van der Waals surface area contributed by atoms with Crippen LogP contribution in [-0.4, -0.2) is 62.5 Å². The number of aliphatic imine (C=N–C) groups is 1. The Bertz CT molecular complexity index is 706. The quantitative estimate of drug-likeness (QED) is 0.487. The predicted molar refractivity (Wildman–Crippen MR) is 112 cm³/mol. The number of hydrogen-bond donors (Lipinski definition) is 1. The van der Waals surface area contributed by atoms with Crippen molar-refractivity contribution in [2.45, 2.75) is 64.4 Å². The van der Waals surface area contributed by atoms with Gasteiger partial charge in [-0.2, -0.15) is 8.78 Å². The summed E-state index contributed by atoms with van der Waals surface area (Å²) in [6.45, 7) is 2.44. The van der Waals surface area contributed by atoms with E-state index in [1.807, 2.05) is 6.92 Å². The number of hydrogen-bond acceptors (Lipinski definition) is 4. The lowest BCUT2D eigenvalue weighted by atomic mass is 10.1. The van der Waals surface area contributed by atoms with Gasteiger partial charge in [0.15, 0.2) is 5.96 Å². The molecule has 0 aliphatic carbocycles. The van der Waals surface area contributed by atoms with Gasteiger partial charge >= 0.3 is 6.61 Å². The average Bonchev–Trinajstić information content (AvgIpc) is 2.77. The minimum absolute atomic E-state index is 0.0175. The average molecular weight is 444 g/mol. The molecule has 3 rings (SSSR count). The lowest BCUT2D eigenvalue weighted by Gasteiger charge is -2.35. The normalized spacial score (nSPS) is 20.9. The second-order valence-electron chi connectivity index (χ2n) is 7.77. The number of guanidine groups is 1. The summed E-state index contributed by atoms with van der Waals surface area (Å²) in [7, 11) is 0. The van der Waals surface area contributed by atoms with Crippen molar-refractivity contribution in [2.75, 3.05) is 32.8 Å². The number of likely N-dealkylation sites (tertiary alicyclic amines) is 1. The van der Waals surface area contributed by atoms with E-state index in [4.69, 9.17) is 9.47 Å². The highest BCUT2D eigenvalue weighted by Gasteiger charge is 2.24. The highest BCUT2D eigenvalue weighted by Crippen LogP contribution is 2.24. The van der Waals surface area contributed by atoms with Crippen molar-refractivity contribution in [3.8, 4) is 5.75 Å². The summed E-state index contributed by atoms with van der Waals surface area (Å²) in [5.74, 6) is -0.177. The molecule has 2 fully saturated rings. The lowest BCUT2D eigenvalue weighted by molar-refractivity contribution is -0.0721. The fourth-order valence-corrected chi connectivity index (χ4v) is 3.89. The van der Waals surface area contributed by atoms with Gasteiger partial charge in [0.25, 0.3) is 0 Å². The molecular weight excluding hydrogens is 411 g/mol. The molecule has 2 aliphatic heterocycles. The molecule has 6 nitrogen and oxygen atoms in total. The van der Waals surface area contributed by atoms with Crippen molar-refractivity contribution >= 4 is 5.96 Å². The largest absolute Gasteiger partial charge is 0.434 e. The molecule has 1 aromatic carbocycles. The fraction of sp³-hybridized carbons (Fsp3) is 0.682. The Morgan fingerprint density at radius 1 is 1.26 bits per heavy atom. The maximum Gasteiger partial charge on any atom is 0.387 e. The van der Waals surface area contributed by atoms with Crippen LogP contribution in [0.15, 0.2) is 23.2 Å². The molecule has 9 heteroatoms. The Labute approximate surface area is 181 Å². The van der Waals surface area contributed by atoms with E-state index >= 15 is 0 Å². The van der Waals surface area contributed by atoms with E-state index in [1.165, 1.54) is 24.6 Å². The molecule has 0 amide bonds. The summed E-state index contributed by atoms with van der Waals surface area (Å²) >= 11 is 0. The molecule has 31 heavy (non-hydrogen) atoms. The topological polar surface area (TPSA) is 55.3 Å². The number of piperidine rings is 1. The highest BCUT2D eigenvalue weighted by atomic mass is 19.3. The van der Waals surface area contributed by atoms with Gasteiger partial charge in [-0.25, -0.2) is 9.38 Å². The Morgan fingerprint density at radius 2 is 2.06 bits per heavy atom. The van der Waals surface area contributed by atoms with E-state index in [1.54, 1.807) is 0 Å². The number of benzene rings is 1. The number of rotatable bonds is 8. The first-order valence-electron chi connectivity index (χ1n) is 11.1. The highest BCUT2D eigenvalue weighted by molar-refractivity contribution is 5.80. The zero-order valence-electron chi connectivity index (χ0n) is 18.0. The molecule has 0 radical (unpaired) electrons. The van der Waals surface area contributed by atoms with Crippen LogP contribution in [0.4, 0.5) is 13.2 Å². The van der Waals surface area contributed by atoms with Crippen LogP contribution in [0.1, 0.15) is 44.6 Å². The molecule has 2 aliphatic rings. The third kappa shape index (κ3) is 7.28. The number of nitrogens with zero attached hydrogens (tertiary/aromatic N) is 2. The van der Waals surface area contributed by atoms with Crippen LogP contribution in [0.2, 0.25) is 0 Å². The number of alkyl halides is 2. The zero-order valence-corrected chi connectivity index (χ0v) is 18.0. The number of ether oxygens (including phenoxy) is 3. The van der Waals surface area contributed by atoms with Gasteiger partial charge in [0.1, 0.15) is 11.6 Å². The van der Waals surface area contributed by atoms with Crippen LogP contribution < -0.4 is 10.1 Å². The molecule has 1 N–H and O–H groups in total. The minimum atomic E-state index is -3.02. The van der Waals surface area contributed by atoms with E-state index in [2.05, 4.69) is 19.9 Å². The fourth-order valence-electron chi connectivity index (χ4n) is 3.89. The standard InChI is InChI=1S/C22H32F3N3O3/c1-2-26-22(27-14-18-19(23)7-5-8-20(18)31-21(24)25)28-11-9-16(10-12-28)30-15-17-6-3-4-13-29-17/h5,7-8,16-17,21H,2-4,6,9-15H2,1H3,(H,26,27). The van der Waals surface area contributed by atoms with Crippen molar-refractivity contribution in [1.29, 1.82) is 0 Å². The second-order valence-corrected chi connectivity index (χ2v) is 7.77. The Morgan fingerprint density at radius 3 is 2.74 bits per heavy atom. The third-order valence-electron chi connectivity index (χ3n) is 5.55. The molecular formula is C22H32F3N3O3. The summed E-state index contributed by atoms with van der Waals surface area (Å²) in [5.41, 5.74) is 0.0175. The third-order valence-corrected chi connectivity index (χ3v) is 5.55. The van der Waals surface area contributed by atoms with Crippen molar-refractivity contribution in [2.24, 2.45) is 4.99 Å². The molecule has 0 aromatic heterocycles. The molecule has 1 atom stereocenters. The van der Waals surface area contributed by atoms with E-state index in [-0.39, 0.29) is 30.1 Å². The monoisotopic (exact) mass is 443 g/mol. The van der Waals surface area contributed by atoms with Crippen molar-refractivity contribution < 1.29 is 27.4 Å². The minimum Gasteiger partial charge on any atom is -0.434 e. The molecule has 1 unspecified atom stereocenters. The maximum absolute atomic E-state index is 14.2. The maximum atomic E-state index is 14.2. The number of halogens is 3. The number of nitrogens with one attached hydrogen (secondary N) is 1. The summed E-state index contributed by atoms with van der Waals surface area (Å²) in [4.78, 5) is 6.58. The molecule has 0 bridgehead atoms. The molecule has 2 saturated heterocycles. The van der Waals surface area contributed by atoms with Crippen LogP contribution >= 0.6 is 0 Å². The van der Waals surface area contributed by atoms with Gasteiger partial charge in [-0.15, -0.1) is 0 Å². The summed E-state index contributed by atoms with van der Waals surface area (Å²) in [6, 6.07) is 3.88. The predicted octanol–water partition coefficient (Wildman–Crippen LogP) is 3.94. The molecule has 174 valence electrons. The van der Waals surface area contributed by atoms with Gasteiger partial charge in [0, 0.05) is 26.2 Å². The van der Waals surface area contributed by atoms with Crippen LogP contribution in [0.3, 0.4) is 0 Å². The van der Waals surface area contributed by atoms with E-state index in [0.717, 1.165) is 45.4 Å². The van der Waals surface area contributed by atoms with Crippen LogP contribution in [0.25, 0.3) is 0 Å². The SMILES string of the molecule is CCNC(=NCc1c(F)cccc1OC(F)F)N1CCC(OCC2CCCCO2)CC1. The Balaban J connectivity index is 1.55. The first-order chi connectivity index (χ1) is 15.1. The Kier molecular flexibility index (Phi) is 9.27. The smallest absolute Gasteiger partial charge is 0.387 e. The van der Waals surface area contributed by atoms with Crippen LogP contribution in [0, 0.1) is 5.82 Å². The first-order valence-corrected chi connectivity index (χ1v) is 11.1. The van der Waals surface area contributed by atoms with Crippen molar-refractivity contribution in [3.05, 3.63) is 29.6 Å². The van der Waals surface area contributed by atoms with Gasteiger partial charge in [-0.05, 0) is 51.2 Å².